The number of methoxy groups -OCH3 is 1. The summed E-state index contributed by atoms with van der Waals surface area (Å²) in [6, 6.07) is 8.25. The highest BCUT2D eigenvalue weighted by atomic mass is 16.5. The molecule has 0 radical (unpaired) electrons. The fourth-order valence-electron chi connectivity index (χ4n) is 3.30. The Labute approximate surface area is 136 Å². The molecule has 3 N–H and O–H groups in total. The Morgan fingerprint density at radius 3 is 2.48 bits per heavy atom. The van der Waals surface area contributed by atoms with Crippen molar-refractivity contribution >= 4 is 16.9 Å². The zero-order valence-corrected chi connectivity index (χ0v) is 14.3. The normalized spacial score (nSPS) is 11.0. The molecule has 2 aromatic heterocycles. The van der Waals surface area contributed by atoms with Crippen LogP contribution >= 0.6 is 0 Å². The predicted molar refractivity (Wildman–Crippen MR) is 97.6 cm³/mol. The average molecular weight is 309 g/mol. The molecule has 0 atom stereocenters. The SMILES string of the molecule is CNc1c(N)c2ccc(C)cn2c1-c1c(C)ccc(OC)c1C. The molecule has 0 saturated heterocycles. The van der Waals surface area contributed by atoms with E-state index in [1.165, 1.54) is 11.1 Å². The molecule has 0 aliphatic heterocycles. The van der Waals surface area contributed by atoms with Crippen LogP contribution in [-0.2, 0) is 0 Å². The number of nitrogens with two attached hydrogens (primary N) is 1. The minimum atomic E-state index is 0.768. The lowest BCUT2D eigenvalue weighted by molar-refractivity contribution is 0.412. The van der Waals surface area contributed by atoms with Gasteiger partial charge in [0.05, 0.1) is 29.7 Å². The van der Waals surface area contributed by atoms with Crippen LogP contribution in [0.4, 0.5) is 11.4 Å². The number of rotatable bonds is 3. The number of benzene rings is 1. The second-order valence-corrected chi connectivity index (χ2v) is 5.93. The summed E-state index contributed by atoms with van der Waals surface area (Å²) in [7, 11) is 3.61. The summed E-state index contributed by atoms with van der Waals surface area (Å²) >= 11 is 0. The van der Waals surface area contributed by atoms with Crippen molar-refractivity contribution in [1.29, 1.82) is 0 Å². The molecule has 0 unspecified atom stereocenters. The van der Waals surface area contributed by atoms with Crippen LogP contribution in [0.2, 0.25) is 0 Å². The maximum absolute atomic E-state index is 6.39. The number of nitrogens with one attached hydrogen (secondary N) is 1. The zero-order valence-electron chi connectivity index (χ0n) is 14.3. The van der Waals surface area contributed by atoms with Gasteiger partial charge in [0, 0.05) is 24.4 Å². The number of aromatic nitrogens is 1. The Kier molecular flexibility index (Phi) is 3.68. The third-order valence-electron chi connectivity index (χ3n) is 4.45. The van der Waals surface area contributed by atoms with E-state index in [0.29, 0.717) is 0 Å². The van der Waals surface area contributed by atoms with Crippen LogP contribution in [-0.4, -0.2) is 18.6 Å². The molecule has 0 aliphatic rings. The Bertz CT molecular complexity index is 894. The second-order valence-electron chi connectivity index (χ2n) is 5.93. The maximum Gasteiger partial charge on any atom is 0.122 e. The second kappa shape index (κ2) is 5.54. The number of aryl methyl sites for hydroxylation is 2. The molecule has 3 aromatic rings. The van der Waals surface area contributed by atoms with Crippen molar-refractivity contribution in [3.8, 4) is 17.0 Å². The molecule has 23 heavy (non-hydrogen) atoms. The van der Waals surface area contributed by atoms with Gasteiger partial charge in [0.1, 0.15) is 5.75 Å². The van der Waals surface area contributed by atoms with Gasteiger partial charge in [-0.2, -0.15) is 0 Å². The summed E-state index contributed by atoms with van der Waals surface area (Å²) < 4.78 is 7.69. The van der Waals surface area contributed by atoms with E-state index in [-0.39, 0.29) is 0 Å². The van der Waals surface area contributed by atoms with Gasteiger partial charge in [0.25, 0.3) is 0 Å². The van der Waals surface area contributed by atoms with Crippen molar-refractivity contribution in [3.63, 3.8) is 0 Å². The summed E-state index contributed by atoms with van der Waals surface area (Å²) in [5.74, 6) is 0.883. The molecule has 0 spiro atoms. The summed E-state index contributed by atoms with van der Waals surface area (Å²) in [5.41, 5.74) is 14.9. The van der Waals surface area contributed by atoms with Gasteiger partial charge in [0.2, 0.25) is 0 Å². The standard InChI is InChI=1S/C19H23N3O/c1-11-6-8-14-17(20)18(21-4)19(22(14)10-11)16-12(2)7-9-15(23-5)13(16)3/h6-10,21H,20H2,1-5H3. The van der Waals surface area contributed by atoms with Crippen molar-refractivity contribution in [1.82, 2.24) is 4.40 Å². The lowest BCUT2D eigenvalue weighted by Gasteiger charge is -2.16. The minimum Gasteiger partial charge on any atom is -0.496 e. The van der Waals surface area contributed by atoms with Crippen LogP contribution in [0.15, 0.2) is 30.5 Å². The van der Waals surface area contributed by atoms with Gasteiger partial charge in [-0.1, -0.05) is 12.1 Å². The molecule has 120 valence electrons. The van der Waals surface area contributed by atoms with Crippen molar-refractivity contribution in [2.24, 2.45) is 0 Å². The molecule has 0 fully saturated rings. The number of fused-ring (bicyclic) bond motifs is 1. The highest BCUT2D eigenvalue weighted by molar-refractivity contribution is 5.97. The van der Waals surface area contributed by atoms with Gasteiger partial charge >= 0.3 is 0 Å². The van der Waals surface area contributed by atoms with E-state index in [0.717, 1.165) is 39.5 Å². The molecule has 4 nitrogen and oxygen atoms in total. The fraction of sp³-hybridized carbons (Fsp3) is 0.263. The van der Waals surface area contributed by atoms with Gasteiger partial charge in [0.15, 0.2) is 0 Å². The molecule has 1 aromatic carbocycles. The largest absolute Gasteiger partial charge is 0.496 e. The summed E-state index contributed by atoms with van der Waals surface area (Å²) in [6.07, 6.45) is 2.13. The van der Waals surface area contributed by atoms with Crippen molar-refractivity contribution in [2.45, 2.75) is 20.8 Å². The maximum atomic E-state index is 6.39. The zero-order chi connectivity index (χ0) is 16.7. The summed E-state index contributed by atoms with van der Waals surface area (Å²) in [4.78, 5) is 0. The van der Waals surface area contributed by atoms with Crippen molar-refractivity contribution in [2.75, 3.05) is 25.2 Å². The van der Waals surface area contributed by atoms with Crippen LogP contribution in [0, 0.1) is 20.8 Å². The Balaban J connectivity index is 2.48. The van der Waals surface area contributed by atoms with E-state index in [2.05, 4.69) is 54.9 Å². The number of hydrogen-bond donors (Lipinski definition) is 2. The first-order valence-corrected chi connectivity index (χ1v) is 7.72. The first-order valence-electron chi connectivity index (χ1n) is 7.72. The van der Waals surface area contributed by atoms with Gasteiger partial charge in [-0.15, -0.1) is 0 Å². The van der Waals surface area contributed by atoms with E-state index in [4.69, 9.17) is 10.5 Å². The lowest BCUT2D eigenvalue weighted by Crippen LogP contribution is -1.99. The van der Waals surface area contributed by atoms with E-state index in [1.54, 1.807) is 7.11 Å². The molecule has 0 amide bonds. The summed E-state index contributed by atoms with van der Waals surface area (Å²) in [6.45, 7) is 6.29. The third kappa shape index (κ3) is 2.22. The predicted octanol–water partition coefficient (Wildman–Crippen LogP) is 4.16. The van der Waals surface area contributed by atoms with Crippen LogP contribution < -0.4 is 15.8 Å². The Hall–Kier alpha value is -2.62. The third-order valence-corrected chi connectivity index (χ3v) is 4.45. The van der Waals surface area contributed by atoms with Gasteiger partial charge in [-0.05, 0) is 44.0 Å². The highest BCUT2D eigenvalue weighted by Crippen LogP contribution is 2.42. The van der Waals surface area contributed by atoms with Crippen molar-refractivity contribution < 1.29 is 4.74 Å². The van der Waals surface area contributed by atoms with Gasteiger partial charge < -0.3 is 20.2 Å². The van der Waals surface area contributed by atoms with E-state index in [1.807, 2.05) is 13.1 Å². The van der Waals surface area contributed by atoms with E-state index >= 15 is 0 Å². The van der Waals surface area contributed by atoms with Crippen LogP contribution in [0.1, 0.15) is 16.7 Å². The smallest absolute Gasteiger partial charge is 0.122 e. The molecule has 4 heteroatoms. The van der Waals surface area contributed by atoms with E-state index < -0.39 is 0 Å². The Morgan fingerprint density at radius 1 is 1.09 bits per heavy atom. The van der Waals surface area contributed by atoms with Gasteiger partial charge in [-0.3, -0.25) is 0 Å². The first-order chi connectivity index (χ1) is 11.0. The fourth-order valence-corrected chi connectivity index (χ4v) is 3.30. The number of anilines is 2. The molecule has 0 saturated carbocycles. The van der Waals surface area contributed by atoms with E-state index in [9.17, 15) is 0 Å². The average Bonchev–Trinajstić information content (AvgIpc) is 2.79. The molecular weight excluding hydrogens is 286 g/mol. The quantitative estimate of drug-likeness (QED) is 0.763. The van der Waals surface area contributed by atoms with Gasteiger partial charge in [-0.25, -0.2) is 0 Å². The highest BCUT2D eigenvalue weighted by Gasteiger charge is 2.21. The summed E-state index contributed by atoms with van der Waals surface area (Å²) in [5, 5.41) is 3.28. The van der Waals surface area contributed by atoms with Crippen LogP contribution in [0.3, 0.4) is 0 Å². The lowest BCUT2D eigenvalue weighted by atomic mass is 9.98. The molecular formula is C19H23N3O. The topological polar surface area (TPSA) is 51.7 Å². The van der Waals surface area contributed by atoms with Crippen LogP contribution in [0.25, 0.3) is 16.8 Å². The number of ether oxygens (including phenoxy) is 1. The first kappa shape index (κ1) is 15.3. The molecule has 2 heterocycles. The molecule has 3 rings (SSSR count). The van der Waals surface area contributed by atoms with Crippen molar-refractivity contribution in [3.05, 3.63) is 47.2 Å². The number of nitrogens with zero attached hydrogens (tertiary/aromatic N) is 1. The number of hydrogen-bond acceptors (Lipinski definition) is 3. The Morgan fingerprint density at radius 2 is 1.83 bits per heavy atom. The minimum absolute atomic E-state index is 0.768. The monoisotopic (exact) mass is 309 g/mol. The number of pyridine rings is 1. The number of nitrogen functional groups attached to an aromatic ring is 1. The molecule has 0 aliphatic carbocycles. The molecule has 0 bridgehead atoms. The van der Waals surface area contributed by atoms with Crippen LogP contribution in [0.5, 0.6) is 5.75 Å².